The minimum atomic E-state index is -1.29. The zero-order valence-electron chi connectivity index (χ0n) is 22.9. The number of hydrogen-bond acceptors (Lipinski definition) is 8. The van der Waals surface area contributed by atoms with Gasteiger partial charge in [0.15, 0.2) is 6.17 Å². The van der Waals surface area contributed by atoms with Gasteiger partial charge >= 0.3 is 0 Å². The highest BCUT2D eigenvalue weighted by atomic mass is 19.1. The van der Waals surface area contributed by atoms with Crippen LogP contribution in [0.5, 0.6) is 5.88 Å². The fourth-order valence-electron chi connectivity index (χ4n) is 5.81. The molecule has 0 spiro atoms. The Balaban J connectivity index is 1.22. The van der Waals surface area contributed by atoms with Gasteiger partial charge in [0.25, 0.3) is 0 Å². The van der Waals surface area contributed by atoms with E-state index in [1.54, 1.807) is 10.6 Å². The third kappa shape index (κ3) is 5.90. The monoisotopic (exact) mass is 552 g/mol. The van der Waals surface area contributed by atoms with Crippen molar-refractivity contribution in [1.29, 1.82) is 0 Å². The summed E-state index contributed by atoms with van der Waals surface area (Å²) in [5.41, 5.74) is 1.48. The number of anilines is 1. The summed E-state index contributed by atoms with van der Waals surface area (Å²) in [6.07, 6.45) is 3.46. The summed E-state index contributed by atoms with van der Waals surface area (Å²) in [5, 5.41) is 3.21. The van der Waals surface area contributed by atoms with Crippen molar-refractivity contribution >= 4 is 22.9 Å². The minimum Gasteiger partial charge on any atom is -0.474 e. The Morgan fingerprint density at radius 1 is 1.00 bits per heavy atom. The number of rotatable bonds is 7. The fourth-order valence-corrected chi connectivity index (χ4v) is 5.81. The lowest BCUT2D eigenvalue weighted by Crippen LogP contribution is -2.43. The number of fused-ring (bicyclic) bond motifs is 1. The maximum absolute atomic E-state index is 14.8. The normalized spacial score (nSPS) is 23.2. The standard InChI is InChI=1S/C29H37FN6O4/c1-19(30)27-32-23-4-2-3-5-24(23)36(27)25-18-26(34-29(33-25)35-12-16-39-17-13-35)40-22-8-6-20(7-9-22)28(37)31-21-10-14-38-15-11-21/h2-5,18-22H,6-17H2,1H3,(H,31,37)/t19?,20-,22-. The van der Waals surface area contributed by atoms with Crippen molar-refractivity contribution in [2.24, 2.45) is 5.92 Å². The van der Waals surface area contributed by atoms with Gasteiger partial charge in [0.05, 0.1) is 24.2 Å². The molecule has 0 radical (unpaired) electrons. The van der Waals surface area contributed by atoms with Crippen molar-refractivity contribution in [2.45, 2.75) is 63.8 Å². The smallest absolute Gasteiger partial charge is 0.230 e. The number of aromatic nitrogens is 4. The topological polar surface area (TPSA) is 104 Å². The van der Waals surface area contributed by atoms with Crippen LogP contribution in [0.3, 0.4) is 0 Å². The second kappa shape index (κ2) is 12.1. The quantitative estimate of drug-likeness (QED) is 0.471. The van der Waals surface area contributed by atoms with Crippen molar-refractivity contribution in [3.05, 3.63) is 36.2 Å². The van der Waals surface area contributed by atoms with Gasteiger partial charge < -0.3 is 24.4 Å². The zero-order chi connectivity index (χ0) is 27.5. The maximum atomic E-state index is 14.8. The molecule has 2 aromatic heterocycles. The molecule has 3 fully saturated rings. The number of ether oxygens (including phenoxy) is 3. The third-order valence-electron chi connectivity index (χ3n) is 8.04. The third-order valence-corrected chi connectivity index (χ3v) is 8.04. The number of carbonyl (C=O) groups excluding carboxylic acids is 1. The molecule has 40 heavy (non-hydrogen) atoms. The van der Waals surface area contributed by atoms with E-state index in [2.05, 4.69) is 15.2 Å². The molecule has 1 saturated carbocycles. The predicted octanol–water partition coefficient (Wildman–Crippen LogP) is 3.92. The summed E-state index contributed by atoms with van der Waals surface area (Å²) in [7, 11) is 0. The van der Waals surface area contributed by atoms with Crippen molar-refractivity contribution in [2.75, 3.05) is 44.4 Å². The molecule has 0 bridgehead atoms. The van der Waals surface area contributed by atoms with Crippen molar-refractivity contribution in [3.8, 4) is 11.7 Å². The van der Waals surface area contributed by atoms with Gasteiger partial charge in [-0.2, -0.15) is 9.97 Å². The highest BCUT2D eigenvalue weighted by Crippen LogP contribution is 2.31. The molecule has 11 heteroatoms. The number of nitrogens with one attached hydrogen (secondary N) is 1. The first kappa shape index (κ1) is 26.9. The second-order valence-corrected chi connectivity index (χ2v) is 10.9. The summed E-state index contributed by atoms with van der Waals surface area (Å²) in [5.74, 6) is 1.91. The van der Waals surface area contributed by atoms with E-state index in [9.17, 15) is 9.18 Å². The second-order valence-electron chi connectivity index (χ2n) is 10.9. The van der Waals surface area contributed by atoms with Crippen LogP contribution in [0, 0.1) is 5.92 Å². The van der Waals surface area contributed by atoms with Crippen LogP contribution in [-0.2, 0) is 14.3 Å². The fraction of sp³-hybridized carbons (Fsp3) is 0.586. The van der Waals surface area contributed by atoms with E-state index < -0.39 is 6.17 Å². The molecule has 3 aliphatic rings. The van der Waals surface area contributed by atoms with Crippen LogP contribution >= 0.6 is 0 Å². The summed E-state index contributed by atoms with van der Waals surface area (Å²) < 4.78 is 33.9. The Morgan fingerprint density at radius 3 is 2.48 bits per heavy atom. The van der Waals surface area contributed by atoms with Crippen LogP contribution in [0.1, 0.15) is 57.4 Å². The van der Waals surface area contributed by atoms with Crippen molar-refractivity contribution < 1.29 is 23.4 Å². The number of morpholine rings is 1. The molecule has 1 unspecified atom stereocenters. The molecule has 2 saturated heterocycles. The summed E-state index contributed by atoms with van der Waals surface area (Å²) >= 11 is 0. The first-order chi connectivity index (χ1) is 19.5. The Kier molecular flexibility index (Phi) is 8.10. The number of benzene rings is 1. The average Bonchev–Trinajstić information content (AvgIpc) is 3.39. The largest absolute Gasteiger partial charge is 0.474 e. The van der Waals surface area contributed by atoms with Crippen molar-refractivity contribution in [1.82, 2.24) is 24.8 Å². The van der Waals surface area contributed by atoms with E-state index in [1.807, 2.05) is 24.3 Å². The van der Waals surface area contributed by atoms with E-state index in [0.717, 1.165) is 44.0 Å². The van der Waals surface area contributed by atoms with E-state index >= 15 is 0 Å². The molecule has 3 aromatic rings. The van der Waals surface area contributed by atoms with Crippen LogP contribution in [0.15, 0.2) is 30.3 Å². The van der Waals surface area contributed by atoms with Gasteiger partial charge in [0.2, 0.25) is 17.7 Å². The molecule has 1 amide bonds. The highest BCUT2D eigenvalue weighted by molar-refractivity contribution is 5.79. The number of nitrogens with zero attached hydrogens (tertiary/aromatic N) is 5. The molecule has 1 aromatic carbocycles. The molecule has 10 nitrogen and oxygen atoms in total. The van der Waals surface area contributed by atoms with Gasteiger partial charge in [-0.15, -0.1) is 0 Å². The molecule has 214 valence electrons. The molecule has 2 aliphatic heterocycles. The van der Waals surface area contributed by atoms with Crippen LogP contribution in [0.25, 0.3) is 16.9 Å². The Hall–Kier alpha value is -3.31. The Bertz CT molecular complexity index is 1310. The molecular formula is C29H37FN6O4. The molecule has 6 rings (SSSR count). The Labute approximate surface area is 233 Å². The SMILES string of the molecule is CC(F)c1nc2ccccc2n1-c1cc(O[C@H]2CC[C@H](C(=O)NC3CCOCC3)CC2)nc(N2CCOCC2)n1. The minimum absolute atomic E-state index is 0.00141. The van der Waals surface area contributed by atoms with Crippen LogP contribution in [-0.4, -0.2) is 77.1 Å². The lowest BCUT2D eigenvalue weighted by atomic mass is 9.86. The number of carbonyl (C=O) groups is 1. The molecule has 4 heterocycles. The van der Waals surface area contributed by atoms with E-state index in [4.69, 9.17) is 24.2 Å². The highest BCUT2D eigenvalue weighted by Gasteiger charge is 2.30. The van der Waals surface area contributed by atoms with Gasteiger partial charge in [-0.3, -0.25) is 9.36 Å². The van der Waals surface area contributed by atoms with Gasteiger partial charge in [-0.05, 0) is 57.6 Å². The van der Waals surface area contributed by atoms with E-state index in [-0.39, 0.29) is 29.8 Å². The number of halogens is 1. The number of amides is 1. The molecule has 1 atom stereocenters. The van der Waals surface area contributed by atoms with Gasteiger partial charge in [-0.25, -0.2) is 9.37 Å². The van der Waals surface area contributed by atoms with Crippen LogP contribution < -0.4 is 15.0 Å². The number of hydrogen-bond donors (Lipinski definition) is 1. The average molecular weight is 553 g/mol. The number of imidazole rings is 1. The van der Waals surface area contributed by atoms with Crippen molar-refractivity contribution in [3.63, 3.8) is 0 Å². The summed E-state index contributed by atoms with van der Waals surface area (Å²) in [6, 6.07) is 9.57. The van der Waals surface area contributed by atoms with E-state index in [1.165, 1.54) is 6.92 Å². The van der Waals surface area contributed by atoms with Crippen LogP contribution in [0.2, 0.25) is 0 Å². The van der Waals surface area contributed by atoms with Gasteiger partial charge in [0, 0.05) is 44.3 Å². The summed E-state index contributed by atoms with van der Waals surface area (Å²) in [4.78, 5) is 29.1. The zero-order valence-corrected chi connectivity index (χ0v) is 22.9. The number of alkyl halides is 1. The first-order valence-corrected chi connectivity index (χ1v) is 14.4. The van der Waals surface area contributed by atoms with Gasteiger partial charge in [-0.1, -0.05) is 12.1 Å². The molecule has 1 aliphatic carbocycles. The predicted molar refractivity (Wildman–Crippen MR) is 148 cm³/mol. The lowest BCUT2D eigenvalue weighted by molar-refractivity contribution is -0.127. The number of para-hydroxylation sites is 2. The van der Waals surface area contributed by atoms with E-state index in [0.29, 0.717) is 62.7 Å². The first-order valence-electron chi connectivity index (χ1n) is 14.4. The van der Waals surface area contributed by atoms with Crippen LogP contribution in [0.4, 0.5) is 10.3 Å². The molecular weight excluding hydrogens is 515 g/mol. The Morgan fingerprint density at radius 2 is 1.73 bits per heavy atom. The van der Waals surface area contributed by atoms with Gasteiger partial charge in [0.1, 0.15) is 17.7 Å². The maximum Gasteiger partial charge on any atom is 0.230 e. The molecule has 1 N–H and O–H groups in total. The summed E-state index contributed by atoms with van der Waals surface area (Å²) in [6.45, 7) is 5.39. The lowest BCUT2D eigenvalue weighted by Gasteiger charge is -2.31.